The van der Waals surface area contributed by atoms with Crippen LogP contribution in [0.15, 0.2) is 29.4 Å². The van der Waals surface area contributed by atoms with Gasteiger partial charge in [0.1, 0.15) is 5.82 Å². The van der Waals surface area contributed by atoms with Gasteiger partial charge in [0.05, 0.1) is 6.54 Å². The van der Waals surface area contributed by atoms with Crippen LogP contribution < -0.4 is 5.32 Å². The van der Waals surface area contributed by atoms with E-state index in [0.29, 0.717) is 32.1 Å². The molecule has 0 saturated heterocycles. The van der Waals surface area contributed by atoms with Crippen molar-refractivity contribution < 1.29 is 9.18 Å². The van der Waals surface area contributed by atoms with Crippen molar-refractivity contribution >= 4 is 46.7 Å². The van der Waals surface area contributed by atoms with E-state index in [9.17, 15) is 9.18 Å². The fourth-order valence-electron chi connectivity index (χ4n) is 3.07. The van der Waals surface area contributed by atoms with Crippen molar-refractivity contribution in [2.24, 2.45) is 4.99 Å². The van der Waals surface area contributed by atoms with Gasteiger partial charge in [0, 0.05) is 50.3 Å². The molecule has 0 unspecified atom stereocenters. The quantitative estimate of drug-likeness (QED) is 0.331. The number of halogens is 2. The molecule has 156 valence electrons. The highest BCUT2D eigenvalue weighted by molar-refractivity contribution is 14.0. The van der Waals surface area contributed by atoms with Crippen molar-refractivity contribution in [3.63, 3.8) is 0 Å². The van der Waals surface area contributed by atoms with E-state index in [-0.39, 0.29) is 35.7 Å². The lowest BCUT2D eigenvalue weighted by molar-refractivity contribution is -0.131. The maximum atomic E-state index is 13.3. The van der Waals surface area contributed by atoms with Crippen molar-refractivity contribution in [3.05, 3.63) is 35.8 Å². The number of benzene rings is 1. The SMILES string of the molecule is CCNC(=NCCc1c[nH]c2cc(F)ccc12)N(C)CC(=O)N(CC)CC.I. The lowest BCUT2D eigenvalue weighted by Crippen LogP contribution is -2.45. The lowest BCUT2D eigenvalue weighted by atomic mass is 10.1. The Morgan fingerprint density at radius 1 is 1.25 bits per heavy atom. The third-order valence-corrected chi connectivity index (χ3v) is 4.56. The monoisotopic (exact) mass is 503 g/mol. The average molecular weight is 503 g/mol. The first-order chi connectivity index (χ1) is 13.0. The maximum Gasteiger partial charge on any atom is 0.242 e. The molecule has 1 heterocycles. The van der Waals surface area contributed by atoms with Crippen molar-refractivity contribution in [1.82, 2.24) is 20.1 Å². The summed E-state index contributed by atoms with van der Waals surface area (Å²) in [5, 5.41) is 4.25. The molecule has 6 nitrogen and oxygen atoms in total. The summed E-state index contributed by atoms with van der Waals surface area (Å²) >= 11 is 0. The maximum absolute atomic E-state index is 13.3. The van der Waals surface area contributed by atoms with E-state index in [1.165, 1.54) is 12.1 Å². The van der Waals surface area contributed by atoms with Gasteiger partial charge in [-0.1, -0.05) is 0 Å². The predicted octanol–water partition coefficient (Wildman–Crippen LogP) is 3.23. The van der Waals surface area contributed by atoms with Gasteiger partial charge in [-0.05, 0) is 51.0 Å². The lowest BCUT2D eigenvalue weighted by Gasteiger charge is -2.25. The molecular formula is C20H31FIN5O. The van der Waals surface area contributed by atoms with Gasteiger partial charge in [-0.25, -0.2) is 4.39 Å². The van der Waals surface area contributed by atoms with E-state index in [0.717, 1.165) is 29.4 Å². The molecule has 0 fully saturated rings. The second-order valence-corrected chi connectivity index (χ2v) is 6.41. The average Bonchev–Trinajstić information content (AvgIpc) is 3.04. The Kier molecular flexibility index (Phi) is 10.3. The zero-order valence-electron chi connectivity index (χ0n) is 17.1. The molecular weight excluding hydrogens is 472 g/mol. The second-order valence-electron chi connectivity index (χ2n) is 6.41. The number of guanidine groups is 1. The van der Waals surface area contributed by atoms with Gasteiger partial charge < -0.3 is 20.1 Å². The number of carbonyl (C=O) groups is 1. The third-order valence-electron chi connectivity index (χ3n) is 4.56. The summed E-state index contributed by atoms with van der Waals surface area (Å²) < 4.78 is 13.3. The number of aliphatic imine (C=N–C) groups is 1. The number of rotatable bonds is 8. The van der Waals surface area contributed by atoms with Gasteiger partial charge in [-0.3, -0.25) is 9.79 Å². The van der Waals surface area contributed by atoms with Crippen LogP contribution >= 0.6 is 24.0 Å². The number of H-pyrrole nitrogens is 1. The van der Waals surface area contributed by atoms with E-state index in [2.05, 4.69) is 15.3 Å². The van der Waals surface area contributed by atoms with Crippen molar-refractivity contribution in [3.8, 4) is 0 Å². The van der Waals surface area contributed by atoms with E-state index in [1.54, 1.807) is 6.07 Å². The van der Waals surface area contributed by atoms with Crippen molar-refractivity contribution in [1.29, 1.82) is 0 Å². The van der Waals surface area contributed by atoms with Crippen LogP contribution in [0.1, 0.15) is 26.3 Å². The van der Waals surface area contributed by atoms with Crippen LogP contribution in [0.25, 0.3) is 10.9 Å². The highest BCUT2D eigenvalue weighted by atomic mass is 127. The number of likely N-dealkylation sites (N-methyl/N-ethyl adjacent to an activating group) is 2. The van der Waals surface area contributed by atoms with Crippen LogP contribution in [-0.4, -0.2) is 66.4 Å². The number of carbonyl (C=O) groups excluding carboxylic acids is 1. The molecule has 1 amide bonds. The number of nitrogens with one attached hydrogen (secondary N) is 2. The fourth-order valence-corrected chi connectivity index (χ4v) is 3.07. The summed E-state index contributed by atoms with van der Waals surface area (Å²) in [5.74, 6) is 0.554. The molecule has 28 heavy (non-hydrogen) atoms. The van der Waals surface area contributed by atoms with E-state index < -0.39 is 0 Å². The van der Waals surface area contributed by atoms with Gasteiger partial charge in [0.25, 0.3) is 0 Å². The molecule has 1 aromatic carbocycles. The van der Waals surface area contributed by atoms with Gasteiger partial charge in [0.15, 0.2) is 5.96 Å². The number of hydrogen-bond acceptors (Lipinski definition) is 2. The van der Waals surface area contributed by atoms with Gasteiger partial charge in [-0.15, -0.1) is 24.0 Å². The van der Waals surface area contributed by atoms with E-state index in [1.807, 2.05) is 43.8 Å². The zero-order chi connectivity index (χ0) is 19.8. The standard InChI is InChI=1S/C20H30FN5O.HI/c1-5-22-20(25(4)14-19(27)26(6-2)7-3)23-11-10-15-13-24-18-12-16(21)8-9-17(15)18;/h8-9,12-13,24H,5-7,10-11,14H2,1-4H3,(H,22,23);1H. The second kappa shape index (κ2) is 11.9. The molecule has 2 N–H and O–H groups in total. The van der Waals surface area contributed by atoms with Crippen LogP contribution in [0.4, 0.5) is 4.39 Å². The molecule has 0 aliphatic heterocycles. The number of fused-ring (bicyclic) bond motifs is 1. The first-order valence-electron chi connectivity index (χ1n) is 9.52. The van der Waals surface area contributed by atoms with Crippen molar-refractivity contribution in [2.75, 3.05) is 39.8 Å². The Morgan fingerprint density at radius 2 is 1.96 bits per heavy atom. The molecule has 2 rings (SSSR count). The summed E-state index contributed by atoms with van der Waals surface area (Å²) in [7, 11) is 1.87. The topological polar surface area (TPSA) is 63.7 Å². The summed E-state index contributed by atoms with van der Waals surface area (Å²) in [4.78, 5) is 23.7. The minimum absolute atomic E-state index is 0. The molecule has 0 aliphatic carbocycles. The molecule has 0 aliphatic rings. The number of amides is 1. The van der Waals surface area contributed by atoms with Crippen LogP contribution in [0, 0.1) is 5.82 Å². The summed E-state index contributed by atoms with van der Waals surface area (Å²) in [5.41, 5.74) is 1.90. The molecule has 0 atom stereocenters. The Labute approximate surface area is 183 Å². The molecule has 0 radical (unpaired) electrons. The Balaban J connectivity index is 0.00000392. The normalized spacial score (nSPS) is 11.2. The number of aromatic nitrogens is 1. The van der Waals surface area contributed by atoms with Crippen molar-refractivity contribution in [2.45, 2.75) is 27.2 Å². The molecule has 1 aromatic heterocycles. The van der Waals surface area contributed by atoms with Crippen LogP contribution in [0.5, 0.6) is 0 Å². The molecule has 2 aromatic rings. The Hall–Kier alpha value is -1.84. The number of nitrogens with zero attached hydrogens (tertiary/aromatic N) is 3. The largest absolute Gasteiger partial charge is 0.361 e. The minimum atomic E-state index is -0.247. The van der Waals surface area contributed by atoms with Crippen LogP contribution in [0.2, 0.25) is 0 Å². The zero-order valence-corrected chi connectivity index (χ0v) is 19.4. The number of hydrogen-bond donors (Lipinski definition) is 2. The predicted molar refractivity (Wildman–Crippen MR) is 124 cm³/mol. The van der Waals surface area contributed by atoms with Gasteiger partial charge in [-0.2, -0.15) is 0 Å². The van der Waals surface area contributed by atoms with Crippen LogP contribution in [0.3, 0.4) is 0 Å². The van der Waals surface area contributed by atoms with E-state index in [4.69, 9.17) is 0 Å². The summed E-state index contributed by atoms with van der Waals surface area (Å²) in [6, 6.07) is 4.76. The fraction of sp³-hybridized carbons (Fsp3) is 0.500. The van der Waals surface area contributed by atoms with Gasteiger partial charge in [0.2, 0.25) is 5.91 Å². The van der Waals surface area contributed by atoms with Crippen LogP contribution in [-0.2, 0) is 11.2 Å². The van der Waals surface area contributed by atoms with E-state index >= 15 is 0 Å². The first kappa shape index (κ1) is 24.2. The molecule has 0 bridgehead atoms. The highest BCUT2D eigenvalue weighted by Crippen LogP contribution is 2.19. The Morgan fingerprint density at radius 3 is 2.61 bits per heavy atom. The smallest absolute Gasteiger partial charge is 0.242 e. The molecule has 8 heteroatoms. The molecule has 0 spiro atoms. The summed E-state index contributed by atoms with van der Waals surface area (Å²) in [6.45, 7) is 8.98. The number of aromatic amines is 1. The summed E-state index contributed by atoms with van der Waals surface area (Å²) in [6.07, 6.45) is 2.64. The third kappa shape index (κ3) is 6.35. The molecule has 0 saturated carbocycles. The highest BCUT2D eigenvalue weighted by Gasteiger charge is 2.15. The first-order valence-corrected chi connectivity index (χ1v) is 9.52. The Bertz CT molecular complexity index is 788. The minimum Gasteiger partial charge on any atom is -0.361 e. The van der Waals surface area contributed by atoms with Gasteiger partial charge >= 0.3 is 0 Å².